The summed E-state index contributed by atoms with van der Waals surface area (Å²) in [6, 6.07) is 20.2. The van der Waals surface area contributed by atoms with Crippen LogP contribution < -0.4 is 10.2 Å². The molecule has 1 unspecified atom stereocenters. The van der Waals surface area contributed by atoms with E-state index in [9.17, 15) is 19.5 Å². The summed E-state index contributed by atoms with van der Waals surface area (Å²) in [7, 11) is 0. The zero-order valence-electron chi connectivity index (χ0n) is 29.5. The summed E-state index contributed by atoms with van der Waals surface area (Å²) in [6.45, 7) is 11.0. The number of alkyl halides is 1. The van der Waals surface area contributed by atoms with Gasteiger partial charge in [0.1, 0.15) is 18.2 Å². The Morgan fingerprint density at radius 1 is 1.08 bits per heavy atom. The van der Waals surface area contributed by atoms with Gasteiger partial charge >= 0.3 is 5.97 Å². The first-order chi connectivity index (χ1) is 25.1. The van der Waals surface area contributed by atoms with E-state index in [4.69, 9.17) is 9.47 Å². The first kappa shape index (κ1) is 37.4. The highest BCUT2D eigenvalue weighted by atomic mass is 79.9. The Morgan fingerprint density at radius 3 is 2.46 bits per heavy atom. The van der Waals surface area contributed by atoms with Crippen molar-refractivity contribution in [3.8, 4) is 0 Å². The predicted octanol–water partition coefficient (Wildman–Crippen LogP) is 5.49. The number of anilines is 1. The second-order valence-corrected chi connectivity index (χ2v) is 15.3. The highest BCUT2D eigenvalue weighted by Gasteiger charge is 2.77. The Labute approximate surface area is 313 Å². The number of benzene rings is 3. The number of rotatable bonds is 15. The molecule has 0 aliphatic carbocycles. The minimum atomic E-state index is -1.35. The summed E-state index contributed by atoms with van der Waals surface area (Å²) in [5, 5.41) is 15.7. The van der Waals surface area contributed by atoms with Gasteiger partial charge in [0.15, 0.2) is 0 Å². The van der Waals surface area contributed by atoms with Crippen molar-refractivity contribution in [2.24, 2.45) is 17.8 Å². The van der Waals surface area contributed by atoms with Crippen molar-refractivity contribution in [1.29, 1.82) is 0 Å². The number of esters is 1. The topological polar surface area (TPSA) is 125 Å². The van der Waals surface area contributed by atoms with Crippen molar-refractivity contribution < 1.29 is 33.8 Å². The number of allylic oxidation sites excluding steroid dienone is 1. The SMILES string of the molecule is C=CCCC(=O)OC[C@H](NC(=O)[C@@H]1[C@H]2O[C@@]3(CC2Br)[C@H](C(=O)N(CC=C)c2ccc4ccccc4c2)N([C@@H](CO)C(C)C)C(=O)[C@@H]13)c1ccccc1. The zero-order valence-corrected chi connectivity index (χ0v) is 31.1. The smallest absolute Gasteiger partial charge is 0.306 e. The van der Waals surface area contributed by atoms with Crippen LogP contribution in [0.15, 0.2) is 98.1 Å². The van der Waals surface area contributed by atoms with E-state index in [1.165, 1.54) is 4.90 Å². The molecule has 10 nitrogen and oxygen atoms in total. The lowest BCUT2D eigenvalue weighted by atomic mass is 9.70. The Balaban J connectivity index is 1.37. The third-order valence-electron chi connectivity index (χ3n) is 10.7. The fraction of sp³-hybridized carbons (Fsp3) is 0.415. The molecule has 52 heavy (non-hydrogen) atoms. The molecule has 2 N–H and O–H groups in total. The third-order valence-corrected chi connectivity index (χ3v) is 11.5. The second-order valence-electron chi connectivity index (χ2n) is 14.2. The standard InChI is InChI=1S/C41H46BrN3O7/c1-5-7-17-33(47)51-24-31(27-14-9-8-10-15-27)43-38(48)34-35-39(49)45(32(23-46)25(3)4)37(41(35)22-30(42)36(34)52-41)40(50)44(20-6-2)29-19-18-26-13-11-12-16-28(26)21-29/h5-6,8-16,18-19,21,25,30-32,34-37,46H,1-2,7,17,20,22-24H2,3-4H3,(H,43,48)/t30?,31-,32-,34-,35+,36-,37-,41+/m0/s1. The number of ether oxygens (including phenoxy) is 2. The molecule has 0 radical (unpaired) electrons. The van der Waals surface area contributed by atoms with Gasteiger partial charge in [-0.3, -0.25) is 19.2 Å². The molecule has 3 fully saturated rings. The van der Waals surface area contributed by atoms with Gasteiger partial charge < -0.3 is 29.7 Å². The largest absolute Gasteiger partial charge is 0.463 e. The average Bonchev–Trinajstić information content (AvgIpc) is 3.74. The van der Waals surface area contributed by atoms with E-state index >= 15 is 4.79 Å². The minimum absolute atomic E-state index is 0.110. The van der Waals surface area contributed by atoms with Crippen LogP contribution in [0.25, 0.3) is 10.8 Å². The molecule has 274 valence electrons. The van der Waals surface area contributed by atoms with Gasteiger partial charge in [-0.1, -0.05) is 103 Å². The highest BCUT2D eigenvalue weighted by molar-refractivity contribution is 9.09. The van der Waals surface area contributed by atoms with Crippen LogP contribution in [0.5, 0.6) is 0 Å². The Bertz CT molecular complexity index is 1840. The molecule has 3 heterocycles. The van der Waals surface area contributed by atoms with Crippen LogP contribution in [-0.4, -0.2) is 82.1 Å². The minimum Gasteiger partial charge on any atom is -0.463 e. The van der Waals surface area contributed by atoms with Crippen molar-refractivity contribution in [2.75, 3.05) is 24.7 Å². The lowest BCUT2D eigenvalue weighted by Gasteiger charge is -2.40. The summed E-state index contributed by atoms with van der Waals surface area (Å²) in [5.74, 6) is -3.82. The molecule has 11 heteroatoms. The Kier molecular flexibility index (Phi) is 11.3. The monoisotopic (exact) mass is 771 g/mol. The third kappa shape index (κ3) is 6.81. The van der Waals surface area contributed by atoms with E-state index in [0.29, 0.717) is 18.5 Å². The molecule has 0 aromatic heterocycles. The van der Waals surface area contributed by atoms with E-state index in [-0.39, 0.29) is 42.8 Å². The second kappa shape index (κ2) is 15.7. The number of aliphatic hydroxyl groups is 1. The van der Waals surface area contributed by atoms with Gasteiger partial charge in [-0.05, 0) is 47.2 Å². The Hall–Kier alpha value is -4.32. The molecule has 1 spiro atoms. The molecule has 3 aliphatic heterocycles. The quantitative estimate of drug-likeness (QED) is 0.119. The number of aliphatic hydroxyl groups excluding tert-OH is 1. The van der Waals surface area contributed by atoms with E-state index in [0.717, 1.165) is 16.3 Å². The van der Waals surface area contributed by atoms with Crippen molar-refractivity contribution in [3.63, 3.8) is 0 Å². The summed E-state index contributed by atoms with van der Waals surface area (Å²) in [4.78, 5) is 59.7. The number of hydrogen-bond acceptors (Lipinski definition) is 7. The van der Waals surface area contributed by atoms with Gasteiger partial charge in [-0.2, -0.15) is 0 Å². The molecule has 6 rings (SSSR count). The molecule has 2 bridgehead atoms. The average molecular weight is 773 g/mol. The molecule has 3 aromatic carbocycles. The number of halogens is 1. The van der Waals surface area contributed by atoms with Crippen LogP contribution in [0.1, 0.15) is 44.7 Å². The van der Waals surface area contributed by atoms with Crippen molar-refractivity contribution in [3.05, 3.63) is 104 Å². The number of hydrogen-bond donors (Lipinski definition) is 2. The maximum absolute atomic E-state index is 15.1. The maximum Gasteiger partial charge on any atom is 0.306 e. The fourth-order valence-corrected chi connectivity index (χ4v) is 9.15. The molecule has 0 saturated carbocycles. The number of fused-ring (bicyclic) bond motifs is 2. The first-order valence-electron chi connectivity index (χ1n) is 17.8. The van der Waals surface area contributed by atoms with Gasteiger partial charge in [-0.15, -0.1) is 13.2 Å². The first-order valence-corrected chi connectivity index (χ1v) is 18.8. The molecule has 3 amide bonds. The summed E-state index contributed by atoms with van der Waals surface area (Å²) in [6.07, 6.45) is 3.50. The van der Waals surface area contributed by atoms with Gasteiger partial charge in [0.25, 0.3) is 5.91 Å². The predicted molar refractivity (Wildman–Crippen MR) is 202 cm³/mol. The van der Waals surface area contributed by atoms with E-state index in [2.05, 4.69) is 34.4 Å². The number of likely N-dealkylation sites (tertiary alicyclic amines) is 1. The summed E-state index contributed by atoms with van der Waals surface area (Å²) >= 11 is 3.76. The molecule has 3 aromatic rings. The van der Waals surface area contributed by atoms with Crippen LogP contribution in [0.4, 0.5) is 5.69 Å². The van der Waals surface area contributed by atoms with E-state index < -0.39 is 59.5 Å². The van der Waals surface area contributed by atoms with E-state index in [1.807, 2.05) is 86.6 Å². The van der Waals surface area contributed by atoms with Gasteiger partial charge in [0.05, 0.1) is 36.6 Å². The molecule has 3 saturated heterocycles. The fourth-order valence-electron chi connectivity index (χ4n) is 8.21. The van der Waals surface area contributed by atoms with Crippen LogP contribution in [-0.2, 0) is 28.7 Å². The number of nitrogens with zero attached hydrogens (tertiary/aromatic N) is 2. The maximum atomic E-state index is 15.1. The number of nitrogens with one attached hydrogen (secondary N) is 1. The molecular weight excluding hydrogens is 726 g/mol. The van der Waals surface area contributed by atoms with Crippen molar-refractivity contribution in [2.45, 2.75) is 67.8 Å². The van der Waals surface area contributed by atoms with Gasteiger partial charge in [0.2, 0.25) is 11.8 Å². The molecule has 8 atom stereocenters. The van der Waals surface area contributed by atoms with Gasteiger partial charge in [0, 0.05) is 23.5 Å². The summed E-state index contributed by atoms with van der Waals surface area (Å²) in [5.41, 5.74) is 0.00331. The highest BCUT2D eigenvalue weighted by Crippen LogP contribution is 2.61. The zero-order chi connectivity index (χ0) is 37.2. The molecular formula is C41H46BrN3O7. The lowest BCUT2D eigenvalue weighted by molar-refractivity contribution is -0.147. The lowest BCUT2D eigenvalue weighted by Crippen LogP contribution is -2.60. The van der Waals surface area contributed by atoms with E-state index in [1.54, 1.807) is 17.1 Å². The van der Waals surface area contributed by atoms with Crippen LogP contribution in [0.3, 0.4) is 0 Å². The van der Waals surface area contributed by atoms with Crippen LogP contribution >= 0.6 is 15.9 Å². The summed E-state index contributed by atoms with van der Waals surface area (Å²) < 4.78 is 12.3. The van der Waals surface area contributed by atoms with Crippen molar-refractivity contribution in [1.82, 2.24) is 10.2 Å². The normalized spacial score (nSPS) is 25.8. The number of amides is 3. The molecule has 3 aliphatic rings. The van der Waals surface area contributed by atoms with Crippen LogP contribution in [0.2, 0.25) is 0 Å². The van der Waals surface area contributed by atoms with Gasteiger partial charge in [-0.25, -0.2) is 0 Å². The number of carbonyl (C=O) groups is 4. The van der Waals surface area contributed by atoms with Crippen LogP contribution in [0, 0.1) is 17.8 Å². The Morgan fingerprint density at radius 2 is 1.79 bits per heavy atom. The van der Waals surface area contributed by atoms with Crippen molar-refractivity contribution >= 4 is 56.1 Å². The number of carbonyl (C=O) groups excluding carboxylic acids is 4.